The molecule has 2 aliphatic rings. The SMILES string of the molecule is CN1Cc2c(c3nccnc3n2C)CC12CCCC2. The monoisotopic (exact) mass is 256 g/mol. The molecule has 0 atom stereocenters. The van der Waals surface area contributed by atoms with Crippen LogP contribution in [0.4, 0.5) is 0 Å². The highest BCUT2D eigenvalue weighted by Gasteiger charge is 2.42. The van der Waals surface area contributed by atoms with Gasteiger partial charge in [0.15, 0.2) is 5.65 Å². The average molecular weight is 256 g/mol. The van der Waals surface area contributed by atoms with Crippen molar-refractivity contribution in [1.29, 1.82) is 0 Å². The Hall–Kier alpha value is -1.42. The maximum absolute atomic E-state index is 4.59. The Kier molecular flexibility index (Phi) is 2.28. The van der Waals surface area contributed by atoms with Gasteiger partial charge in [0.25, 0.3) is 0 Å². The van der Waals surface area contributed by atoms with Gasteiger partial charge in [0.05, 0.1) is 0 Å². The Balaban J connectivity index is 1.92. The van der Waals surface area contributed by atoms with E-state index in [0.29, 0.717) is 5.54 Å². The molecule has 1 aliphatic heterocycles. The van der Waals surface area contributed by atoms with Crippen molar-refractivity contribution < 1.29 is 0 Å². The molecule has 0 saturated heterocycles. The minimum atomic E-state index is 0.388. The molecule has 0 aromatic carbocycles. The van der Waals surface area contributed by atoms with Crippen LogP contribution in [0.3, 0.4) is 0 Å². The van der Waals surface area contributed by atoms with Gasteiger partial charge in [-0.2, -0.15) is 0 Å². The van der Waals surface area contributed by atoms with Crippen LogP contribution in [0, 0.1) is 0 Å². The summed E-state index contributed by atoms with van der Waals surface area (Å²) in [6.07, 6.45) is 10.2. The summed E-state index contributed by atoms with van der Waals surface area (Å²) in [5, 5.41) is 0. The van der Waals surface area contributed by atoms with Gasteiger partial charge in [-0.1, -0.05) is 12.8 Å². The third-order valence-corrected chi connectivity index (χ3v) is 5.27. The quantitative estimate of drug-likeness (QED) is 0.725. The minimum Gasteiger partial charge on any atom is -0.330 e. The second-order valence-corrected chi connectivity index (χ2v) is 6.18. The van der Waals surface area contributed by atoms with E-state index in [2.05, 4.69) is 33.5 Å². The molecule has 3 heterocycles. The zero-order valence-electron chi connectivity index (χ0n) is 11.7. The fourth-order valence-corrected chi connectivity index (χ4v) is 4.09. The number of rotatable bonds is 0. The van der Waals surface area contributed by atoms with E-state index in [-0.39, 0.29) is 0 Å². The summed E-state index contributed by atoms with van der Waals surface area (Å²) in [6, 6.07) is 0. The topological polar surface area (TPSA) is 34.0 Å². The molecule has 1 spiro atoms. The summed E-state index contributed by atoms with van der Waals surface area (Å²) in [5.74, 6) is 0. The van der Waals surface area contributed by atoms with Crippen LogP contribution in [0.5, 0.6) is 0 Å². The third kappa shape index (κ3) is 1.43. The fourth-order valence-electron chi connectivity index (χ4n) is 4.09. The van der Waals surface area contributed by atoms with Crippen molar-refractivity contribution in [2.75, 3.05) is 7.05 Å². The van der Waals surface area contributed by atoms with Gasteiger partial charge >= 0.3 is 0 Å². The van der Waals surface area contributed by atoms with Gasteiger partial charge in [-0.15, -0.1) is 0 Å². The number of likely N-dealkylation sites (N-methyl/N-ethyl adjacent to an activating group) is 1. The first-order valence-corrected chi connectivity index (χ1v) is 7.20. The molecule has 4 nitrogen and oxygen atoms in total. The highest BCUT2D eigenvalue weighted by molar-refractivity contribution is 5.78. The van der Waals surface area contributed by atoms with Crippen LogP contribution in [-0.4, -0.2) is 32.0 Å². The van der Waals surface area contributed by atoms with Gasteiger partial charge in [-0.25, -0.2) is 4.98 Å². The zero-order valence-corrected chi connectivity index (χ0v) is 11.7. The van der Waals surface area contributed by atoms with E-state index >= 15 is 0 Å². The van der Waals surface area contributed by atoms with E-state index in [0.717, 1.165) is 24.1 Å². The lowest BCUT2D eigenvalue weighted by Gasteiger charge is -2.43. The highest BCUT2D eigenvalue weighted by atomic mass is 15.2. The van der Waals surface area contributed by atoms with Crippen molar-refractivity contribution in [2.24, 2.45) is 7.05 Å². The van der Waals surface area contributed by atoms with Crippen LogP contribution >= 0.6 is 0 Å². The minimum absolute atomic E-state index is 0.388. The Morgan fingerprint density at radius 2 is 1.84 bits per heavy atom. The second kappa shape index (κ2) is 3.79. The van der Waals surface area contributed by atoms with Crippen molar-refractivity contribution in [1.82, 2.24) is 19.4 Å². The Bertz CT molecular complexity index is 637. The lowest BCUT2D eigenvalue weighted by molar-refractivity contribution is 0.0995. The van der Waals surface area contributed by atoms with Gasteiger partial charge in [-0.05, 0) is 26.3 Å². The molecule has 0 unspecified atom stereocenters. The van der Waals surface area contributed by atoms with E-state index < -0.39 is 0 Å². The molecule has 2 aromatic heterocycles. The lowest BCUT2D eigenvalue weighted by Crippen LogP contribution is -2.48. The van der Waals surface area contributed by atoms with Crippen molar-refractivity contribution in [3.05, 3.63) is 23.7 Å². The highest BCUT2D eigenvalue weighted by Crippen LogP contribution is 2.43. The summed E-state index contributed by atoms with van der Waals surface area (Å²) in [7, 11) is 4.41. The standard InChI is InChI=1S/C15H20N4/c1-18-10-12-11(9-15(18)5-3-4-6-15)13-14(19(12)2)17-8-7-16-13/h7-8H,3-6,9-10H2,1-2H3. The van der Waals surface area contributed by atoms with Crippen molar-refractivity contribution in [3.8, 4) is 0 Å². The van der Waals surface area contributed by atoms with Gasteiger partial charge in [0, 0.05) is 42.8 Å². The summed E-state index contributed by atoms with van der Waals surface area (Å²) >= 11 is 0. The number of nitrogens with zero attached hydrogens (tertiary/aromatic N) is 4. The Morgan fingerprint density at radius 3 is 2.63 bits per heavy atom. The molecule has 0 N–H and O–H groups in total. The van der Waals surface area contributed by atoms with Gasteiger partial charge in [0.1, 0.15) is 5.52 Å². The van der Waals surface area contributed by atoms with E-state index in [1.54, 1.807) is 6.20 Å². The molecule has 100 valence electrons. The van der Waals surface area contributed by atoms with Crippen LogP contribution in [0.15, 0.2) is 12.4 Å². The van der Waals surface area contributed by atoms with E-state index in [1.165, 1.54) is 36.9 Å². The smallest absolute Gasteiger partial charge is 0.158 e. The number of hydrogen-bond donors (Lipinski definition) is 0. The number of hydrogen-bond acceptors (Lipinski definition) is 3. The molecule has 4 heteroatoms. The summed E-state index contributed by atoms with van der Waals surface area (Å²) in [4.78, 5) is 11.7. The summed E-state index contributed by atoms with van der Waals surface area (Å²) in [6.45, 7) is 1.03. The predicted molar refractivity (Wildman–Crippen MR) is 74.9 cm³/mol. The zero-order chi connectivity index (χ0) is 13.0. The summed E-state index contributed by atoms with van der Waals surface area (Å²) < 4.78 is 2.23. The lowest BCUT2D eigenvalue weighted by atomic mass is 9.84. The maximum atomic E-state index is 4.59. The molecule has 19 heavy (non-hydrogen) atoms. The van der Waals surface area contributed by atoms with Crippen LogP contribution in [-0.2, 0) is 20.0 Å². The summed E-state index contributed by atoms with van der Waals surface area (Å²) in [5.41, 5.74) is 5.40. The van der Waals surface area contributed by atoms with Gasteiger partial charge < -0.3 is 4.57 Å². The van der Waals surface area contributed by atoms with Crippen molar-refractivity contribution in [2.45, 2.75) is 44.2 Å². The molecule has 2 aromatic rings. The van der Waals surface area contributed by atoms with Crippen LogP contribution in [0.25, 0.3) is 11.2 Å². The average Bonchev–Trinajstić information content (AvgIpc) is 2.99. The molecule has 0 radical (unpaired) electrons. The maximum Gasteiger partial charge on any atom is 0.158 e. The van der Waals surface area contributed by atoms with E-state index in [4.69, 9.17) is 0 Å². The first kappa shape index (κ1) is 11.4. The molecule has 0 bridgehead atoms. The van der Waals surface area contributed by atoms with Crippen LogP contribution in [0.2, 0.25) is 0 Å². The molecule has 0 amide bonds. The molecular weight excluding hydrogens is 236 g/mol. The largest absolute Gasteiger partial charge is 0.330 e. The molecule has 1 fully saturated rings. The first-order valence-electron chi connectivity index (χ1n) is 7.20. The Morgan fingerprint density at radius 1 is 1.11 bits per heavy atom. The number of aromatic nitrogens is 3. The molecular formula is C15H20N4. The van der Waals surface area contributed by atoms with Crippen molar-refractivity contribution >= 4 is 11.2 Å². The number of aryl methyl sites for hydroxylation is 1. The molecule has 1 saturated carbocycles. The Labute approximate surface area is 113 Å². The van der Waals surface area contributed by atoms with Crippen LogP contribution in [0.1, 0.15) is 36.9 Å². The van der Waals surface area contributed by atoms with Crippen molar-refractivity contribution in [3.63, 3.8) is 0 Å². The van der Waals surface area contributed by atoms with Gasteiger partial charge in [0.2, 0.25) is 0 Å². The molecule has 4 rings (SSSR count). The predicted octanol–water partition coefficient (Wildman–Crippen LogP) is 2.27. The van der Waals surface area contributed by atoms with Crippen LogP contribution < -0.4 is 0 Å². The number of fused-ring (bicyclic) bond motifs is 3. The third-order valence-electron chi connectivity index (χ3n) is 5.27. The first-order chi connectivity index (χ1) is 9.21. The normalized spacial score (nSPS) is 22.2. The van der Waals surface area contributed by atoms with E-state index in [1.807, 2.05) is 6.20 Å². The second-order valence-electron chi connectivity index (χ2n) is 6.18. The molecule has 1 aliphatic carbocycles. The van der Waals surface area contributed by atoms with Gasteiger partial charge in [-0.3, -0.25) is 9.88 Å². The fraction of sp³-hybridized carbons (Fsp3) is 0.600. The van der Waals surface area contributed by atoms with E-state index in [9.17, 15) is 0 Å².